The summed E-state index contributed by atoms with van der Waals surface area (Å²) in [6.45, 7) is 2.49. The Morgan fingerprint density at radius 1 is 0.947 bits per heavy atom. The van der Waals surface area contributed by atoms with E-state index in [2.05, 4.69) is 0 Å². The van der Waals surface area contributed by atoms with Gasteiger partial charge in [-0.2, -0.15) is 0 Å². The molecule has 0 bridgehead atoms. The first kappa shape index (κ1) is 25.0. The maximum Gasteiger partial charge on any atom is 0.305 e. The number of benzene rings is 3. The number of amides is 1. The molecule has 0 spiro atoms. The lowest BCUT2D eigenvalue weighted by molar-refractivity contribution is -0.140. The topological polar surface area (TPSA) is 102 Å². The van der Waals surface area contributed by atoms with Crippen LogP contribution < -0.4 is 19.9 Å². The van der Waals surface area contributed by atoms with Crippen molar-refractivity contribution in [3.05, 3.63) is 95.3 Å². The molecule has 0 saturated carbocycles. The van der Waals surface area contributed by atoms with E-state index in [1.54, 1.807) is 0 Å². The Morgan fingerprint density at radius 2 is 1.71 bits per heavy atom. The lowest BCUT2D eigenvalue weighted by Gasteiger charge is -2.14. The van der Waals surface area contributed by atoms with Gasteiger partial charge in [-0.1, -0.05) is 36.4 Å². The zero-order valence-corrected chi connectivity index (χ0v) is 21.2. The van der Waals surface area contributed by atoms with Crippen molar-refractivity contribution in [2.45, 2.75) is 26.3 Å². The molecule has 38 heavy (non-hydrogen) atoms. The summed E-state index contributed by atoms with van der Waals surface area (Å²) in [5.41, 5.74) is 10.2. The smallest absolute Gasteiger partial charge is 0.305 e. The fourth-order valence-corrected chi connectivity index (χ4v) is 4.77. The third-order valence-corrected chi connectivity index (χ3v) is 6.55. The van der Waals surface area contributed by atoms with E-state index in [4.69, 9.17) is 24.7 Å². The molecule has 8 nitrogen and oxygen atoms in total. The van der Waals surface area contributed by atoms with Crippen LogP contribution in [0.4, 0.5) is 0 Å². The molecule has 3 aromatic carbocycles. The molecule has 1 aliphatic rings. The number of aromatic nitrogens is 1. The van der Waals surface area contributed by atoms with Crippen molar-refractivity contribution in [2.24, 2.45) is 5.73 Å². The van der Waals surface area contributed by atoms with Gasteiger partial charge in [0.15, 0.2) is 11.5 Å². The predicted octanol–water partition coefficient (Wildman–Crippen LogP) is 5.24. The molecule has 0 radical (unpaired) electrons. The standard InChI is InChI=1S/C30H28N2O6/c1-19-28(30(31)34)29(21-7-6-10-23(16-21)38-22-8-4-3-5-9-22)24(12-14-27(33)35-2)32(19)17-20-11-13-25-26(15-20)37-18-36-25/h3-11,13,15-16H,12,14,17-18H2,1-2H3,(H2,31,34). The van der Waals surface area contributed by atoms with Crippen molar-refractivity contribution in [3.8, 4) is 34.1 Å². The first-order chi connectivity index (χ1) is 18.4. The number of hydrogen-bond acceptors (Lipinski definition) is 6. The molecule has 1 aliphatic heterocycles. The lowest BCUT2D eigenvalue weighted by atomic mass is 9.97. The normalized spacial score (nSPS) is 11.8. The van der Waals surface area contributed by atoms with Gasteiger partial charge in [-0.3, -0.25) is 9.59 Å². The van der Waals surface area contributed by atoms with Gasteiger partial charge in [0.05, 0.1) is 19.1 Å². The Hall–Kier alpha value is -4.72. The number of fused-ring (bicyclic) bond motifs is 1. The molecular weight excluding hydrogens is 484 g/mol. The number of carbonyl (C=O) groups is 2. The molecule has 1 aromatic heterocycles. The van der Waals surface area contributed by atoms with Crippen LogP contribution >= 0.6 is 0 Å². The van der Waals surface area contributed by atoms with Crippen LogP contribution in [0, 0.1) is 6.92 Å². The van der Waals surface area contributed by atoms with Gasteiger partial charge < -0.3 is 29.2 Å². The van der Waals surface area contributed by atoms with E-state index in [0.29, 0.717) is 52.8 Å². The summed E-state index contributed by atoms with van der Waals surface area (Å²) < 4.78 is 24.0. The average Bonchev–Trinajstić information content (AvgIpc) is 3.50. The van der Waals surface area contributed by atoms with E-state index in [0.717, 1.165) is 16.8 Å². The fraction of sp³-hybridized carbons (Fsp3) is 0.200. The summed E-state index contributed by atoms with van der Waals surface area (Å²) in [5.74, 6) is 1.79. The van der Waals surface area contributed by atoms with Crippen LogP contribution in [0.2, 0.25) is 0 Å². The highest BCUT2D eigenvalue weighted by Gasteiger charge is 2.26. The third-order valence-electron chi connectivity index (χ3n) is 6.55. The second-order valence-electron chi connectivity index (χ2n) is 8.94. The number of hydrogen-bond donors (Lipinski definition) is 1. The largest absolute Gasteiger partial charge is 0.469 e. The first-order valence-electron chi connectivity index (χ1n) is 12.2. The second kappa shape index (κ2) is 10.7. The number of rotatable bonds is 9. The third kappa shape index (κ3) is 5.06. The Morgan fingerprint density at radius 3 is 2.47 bits per heavy atom. The van der Waals surface area contributed by atoms with E-state index in [1.807, 2.05) is 84.3 Å². The number of carbonyl (C=O) groups excluding carboxylic acids is 2. The summed E-state index contributed by atoms with van der Waals surface area (Å²) in [6, 6.07) is 22.7. The molecule has 2 heterocycles. The molecule has 2 N–H and O–H groups in total. The van der Waals surface area contributed by atoms with Crippen LogP contribution in [0.15, 0.2) is 72.8 Å². The highest BCUT2D eigenvalue weighted by atomic mass is 16.7. The summed E-state index contributed by atoms with van der Waals surface area (Å²) in [4.78, 5) is 24.9. The zero-order valence-electron chi connectivity index (χ0n) is 21.2. The fourth-order valence-electron chi connectivity index (χ4n) is 4.77. The minimum atomic E-state index is -0.546. The maximum atomic E-state index is 12.8. The summed E-state index contributed by atoms with van der Waals surface area (Å²) in [6.07, 6.45) is 0.497. The number of ether oxygens (including phenoxy) is 4. The molecule has 0 aliphatic carbocycles. The van der Waals surface area contributed by atoms with Crippen LogP contribution in [0.1, 0.15) is 33.7 Å². The molecule has 0 atom stereocenters. The van der Waals surface area contributed by atoms with Crippen LogP contribution in [-0.2, 0) is 22.5 Å². The van der Waals surface area contributed by atoms with Crippen molar-refractivity contribution in [2.75, 3.05) is 13.9 Å². The number of methoxy groups -OCH3 is 1. The van der Waals surface area contributed by atoms with Gasteiger partial charge in [0, 0.05) is 23.5 Å². The SMILES string of the molecule is COC(=O)CCc1c(-c2cccc(Oc3ccccc3)c2)c(C(N)=O)c(C)n1Cc1ccc2c(c1)OCO2. The number of para-hydroxylation sites is 1. The van der Waals surface area contributed by atoms with E-state index in [9.17, 15) is 9.59 Å². The van der Waals surface area contributed by atoms with E-state index < -0.39 is 5.91 Å². The number of esters is 1. The zero-order chi connectivity index (χ0) is 26.6. The van der Waals surface area contributed by atoms with Gasteiger partial charge in [0.1, 0.15) is 11.5 Å². The molecule has 1 amide bonds. The lowest BCUT2D eigenvalue weighted by Crippen LogP contribution is -2.13. The van der Waals surface area contributed by atoms with Gasteiger partial charge in [-0.25, -0.2) is 0 Å². The highest BCUT2D eigenvalue weighted by Crippen LogP contribution is 2.38. The monoisotopic (exact) mass is 512 g/mol. The first-order valence-corrected chi connectivity index (χ1v) is 12.2. The Kier molecular flexibility index (Phi) is 7.04. The average molecular weight is 513 g/mol. The summed E-state index contributed by atoms with van der Waals surface area (Å²) in [5, 5.41) is 0. The molecule has 5 rings (SSSR count). The van der Waals surface area contributed by atoms with Crippen molar-refractivity contribution >= 4 is 11.9 Å². The van der Waals surface area contributed by atoms with Gasteiger partial charge in [-0.15, -0.1) is 0 Å². The second-order valence-corrected chi connectivity index (χ2v) is 8.94. The number of nitrogens with two attached hydrogens (primary N) is 1. The van der Waals surface area contributed by atoms with Gasteiger partial charge >= 0.3 is 5.97 Å². The van der Waals surface area contributed by atoms with Crippen molar-refractivity contribution in [1.29, 1.82) is 0 Å². The number of primary amides is 1. The van der Waals surface area contributed by atoms with E-state index in [-0.39, 0.29) is 19.2 Å². The predicted molar refractivity (Wildman–Crippen MR) is 142 cm³/mol. The molecule has 0 saturated heterocycles. The number of nitrogens with zero attached hydrogens (tertiary/aromatic N) is 1. The highest BCUT2D eigenvalue weighted by molar-refractivity contribution is 6.02. The molecule has 0 fully saturated rings. The quantitative estimate of drug-likeness (QED) is 0.308. The Labute approximate surface area is 220 Å². The van der Waals surface area contributed by atoms with E-state index in [1.165, 1.54) is 7.11 Å². The molecular formula is C30H28N2O6. The van der Waals surface area contributed by atoms with Gasteiger partial charge in [-0.05, 0) is 60.9 Å². The minimum Gasteiger partial charge on any atom is -0.469 e. The van der Waals surface area contributed by atoms with Crippen molar-refractivity contribution in [3.63, 3.8) is 0 Å². The summed E-state index contributed by atoms with van der Waals surface area (Å²) in [7, 11) is 1.36. The van der Waals surface area contributed by atoms with E-state index >= 15 is 0 Å². The molecule has 4 aromatic rings. The minimum absolute atomic E-state index is 0.145. The Balaban J connectivity index is 1.61. The van der Waals surface area contributed by atoms with Gasteiger partial charge in [0.25, 0.3) is 5.91 Å². The van der Waals surface area contributed by atoms with Crippen LogP contribution in [0.25, 0.3) is 11.1 Å². The summed E-state index contributed by atoms with van der Waals surface area (Å²) >= 11 is 0. The molecule has 8 heteroatoms. The van der Waals surface area contributed by atoms with Crippen molar-refractivity contribution in [1.82, 2.24) is 4.57 Å². The van der Waals surface area contributed by atoms with Gasteiger partial charge in [0.2, 0.25) is 6.79 Å². The van der Waals surface area contributed by atoms with Crippen molar-refractivity contribution < 1.29 is 28.5 Å². The maximum absolute atomic E-state index is 12.8. The van der Waals surface area contributed by atoms with Crippen LogP contribution in [0.5, 0.6) is 23.0 Å². The van der Waals surface area contributed by atoms with Crippen LogP contribution in [-0.4, -0.2) is 30.3 Å². The molecule has 194 valence electrons. The van der Waals surface area contributed by atoms with Crippen LogP contribution in [0.3, 0.4) is 0 Å². The Bertz CT molecular complexity index is 1490. The molecule has 0 unspecified atom stereocenters.